The highest BCUT2D eigenvalue weighted by atomic mass is 32.1. The molecule has 25 heavy (non-hydrogen) atoms. The van der Waals surface area contributed by atoms with Gasteiger partial charge < -0.3 is 15.5 Å². The van der Waals surface area contributed by atoms with Gasteiger partial charge in [0, 0.05) is 48.7 Å². The van der Waals surface area contributed by atoms with E-state index in [-0.39, 0.29) is 0 Å². The maximum atomic E-state index is 4.80. The van der Waals surface area contributed by atoms with E-state index in [1.165, 1.54) is 42.0 Å². The van der Waals surface area contributed by atoms with Crippen molar-refractivity contribution in [3.05, 3.63) is 16.1 Å². The number of aliphatic imine (C=N–C) groups is 1. The SMILES string of the molecule is CCNC(=NCCc1ncc(CC)s1)NC1CC2CCCC(C1)N2C. The molecule has 2 aliphatic rings. The van der Waals surface area contributed by atoms with Crippen LogP contribution >= 0.6 is 11.3 Å². The summed E-state index contributed by atoms with van der Waals surface area (Å²) in [6.45, 7) is 6.02. The first-order chi connectivity index (χ1) is 12.2. The van der Waals surface area contributed by atoms with E-state index in [2.05, 4.69) is 41.4 Å². The molecule has 0 aliphatic carbocycles. The third-order valence-corrected chi connectivity index (χ3v) is 6.77. The summed E-state index contributed by atoms with van der Waals surface area (Å²) in [6, 6.07) is 2.04. The van der Waals surface area contributed by atoms with Crippen LogP contribution < -0.4 is 10.6 Å². The number of hydrogen-bond donors (Lipinski definition) is 2. The Bertz CT molecular complexity index is 556. The van der Waals surface area contributed by atoms with E-state index in [1.54, 1.807) is 0 Å². The first-order valence-corrected chi connectivity index (χ1v) is 10.7. The second-order valence-corrected chi connectivity index (χ2v) is 8.50. The lowest BCUT2D eigenvalue weighted by atomic mass is 9.82. The van der Waals surface area contributed by atoms with Gasteiger partial charge in [0.05, 0.1) is 5.01 Å². The summed E-state index contributed by atoms with van der Waals surface area (Å²) in [6.07, 6.45) is 10.6. The lowest BCUT2D eigenvalue weighted by Crippen LogP contribution is -2.56. The number of aromatic nitrogens is 1. The Morgan fingerprint density at radius 2 is 2.08 bits per heavy atom. The molecule has 1 aromatic rings. The molecule has 2 aliphatic heterocycles. The van der Waals surface area contributed by atoms with Gasteiger partial charge >= 0.3 is 0 Å². The minimum atomic E-state index is 0.552. The van der Waals surface area contributed by atoms with Gasteiger partial charge in [-0.25, -0.2) is 4.98 Å². The average molecular weight is 364 g/mol. The van der Waals surface area contributed by atoms with Gasteiger partial charge in [0.15, 0.2) is 5.96 Å². The van der Waals surface area contributed by atoms with E-state index in [9.17, 15) is 0 Å². The topological polar surface area (TPSA) is 52.6 Å². The predicted octanol–water partition coefficient (Wildman–Crippen LogP) is 2.82. The molecule has 0 aromatic carbocycles. The number of thiazole rings is 1. The fourth-order valence-electron chi connectivity index (χ4n) is 4.14. The van der Waals surface area contributed by atoms with E-state index in [0.29, 0.717) is 6.04 Å². The van der Waals surface area contributed by atoms with E-state index >= 15 is 0 Å². The third kappa shape index (κ3) is 4.94. The molecule has 140 valence electrons. The Kier molecular flexibility index (Phi) is 6.70. The lowest BCUT2D eigenvalue weighted by molar-refractivity contribution is 0.0526. The van der Waals surface area contributed by atoms with Crippen molar-refractivity contribution in [2.24, 2.45) is 4.99 Å². The van der Waals surface area contributed by atoms with E-state index in [1.807, 2.05) is 17.5 Å². The smallest absolute Gasteiger partial charge is 0.191 e. The van der Waals surface area contributed by atoms with Crippen LogP contribution in [0.2, 0.25) is 0 Å². The Morgan fingerprint density at radius 3 is 2.72 bits per heavy atom. The minimum Gasteiger partial charge on any atom is -0.357 e. The summed E-state index contributed by atoms with van der Waals surface area (Å²) < 4.78 is 0. The Labute approximate surface area is 156 Å². The monoisotopic (exact) mass is 363 g/mol. The van der Waals surface area contributed by atoms with E-state index < -0.39 is 0 Å². The van der Waals surface area contributed by atoms with Crippen molar-refractivity contribution in [3.8, 4) is 0 Å². The fourth-order valence-corrected chi connectivity index (χ4v) is 4.99. The Morgan fingerprint density at radius 1 is 1.32 bits per heavy atom. The number of guanidine groups is 1. The summed E-state index contributed by atoms with van der Waals surface area (Å²) in [5, 5.41) is 8.32. The molecule has 0 saturated carbocycles. The van der Waals surface area contributed by atoms with Crippen LogP contribution in [0.3, 0.4) is 0 Å². The van der Waals surface area contributed by atoms with Crippen molar-refractivity contribution < 1.29 is 0 Å². The molecule has 2 saturated heterocycles. The molecule has 2 N–H and O–H groups in total. The van der Waals surface area contributed by atoms with Crippen LogP contribution in [0.5, 0.6) is 0 Å². The number of aryl methyl sites for hydroxylation is 1. The molecule has 3 heterocycles. The van der Waals surface area contributed by atoms with Crippen molar-refractivity contribution in [1.29, 1.82) is 0 Å². The molecule has 2 bridgehead atoms. The van der Waals surface area contributed by atoms with Gasteiger partial charge in [0.25, 0.3) is 0 Å². The van der Waals surface area contributed by atoms with Crippen molar-refractivity contribution in [1.82, 2.24) is 20.5 Å². The molecule has 3 rings (SSSR count). The lowest BCUT2D eigenvalue weighted by Gasteiger charge is -2.47. The van der Waals surface area contributed by atoms with Crippen LogP contribution in [0, 0.1) is 0 Å². The fraction of sp³-hybridized carbons (Fsp3) is 0.789. The van der Waals surface area contributed by atoms with Gasteiger partial charge in [-0.1, -0.05) is 13.3 Å². The number of rotatable bonds is 6. The predicted molar refractivity (Wildman–Crippen MR) is 107 cm³/mol. The zero-order chi connectivity index (χ0) is 17.6. The summed E-state index contributed by atoms with van der Waals surface area (Å²) >= 11 is 1.82. The molecular formula is C19H33N5S. The molecule has 1 aromatic heterocycles. The van der Waals surface area contributed by atoms with Crippen LogP contribution in [0.1, 0.15) is 55.8 Å². The van der Waals surface area contributed by atoms with Crippen molar-refractivity contribution in [3.63, 3.8) is 0 Å². The second kappa shape index (κ2) is 8.99. The van der Waals surface area contributed by atoms with Crippen LogP contribution in [0.4, 0.5) is 0 Å². The van der Waals surface area contributed by atoms with Gasteiger partial charge in [0.2, 0.25) is 0 Å². The summed E-state index contributed by atoms with van der Waals surface area (Å²) in [4.78, 5) is 13.3. The zero-order valence-electron chi connectivity index (χ0n) is 15.9. The molecule has 2 atom stereocenters. The number of hydrogen-bond acceptors (Lipinski definition) is 4. The molecular weight excluding hydrogens is 330 g/mol. The van der Waals surface area contributed by atoms with E-state index in [4.69, 9.17) is 4.99 Å². The first-order valence-electron chi connectivity index (χ1n) is 9.90. The molecule has 0 radical (unpaired) electrons. The van der Waals surface area contributed by atoms with E-state index in [0.717, 1.165) is 44.0 Å². The standard InChI is InChI=1S/C19H33N5S/c1-4-17-13-22-18(25-17)9-10-21-19(20-5-2)23-14-11-15-7-6-8-16(12-14)24(15)3/h13-16H,4-12H2,1-3H3,(H2,20,21,23). The highest BCUT2D eigenvalue weighted by molar-refractivity contribution is 7.11. The van der Waals surface area contributed by atoms with Crippen molar-refractivity contribution in [2.45, 2.75) is 76.9 Å². The molecule has 2 unspecified atom stereocenters. The molecule has 5 nitrogen and oxygen atoms in total. The van der Waals surface area contributed by atoms with Crippen molar-refractivity contribution >= 4 is 17.3 Å². The van der Waals surface area contributed by atoms with Crippen LogP contribution in [0.15, 0.2) is 11.2 Å². The van der Waals surface area contributed by atoms with Crippen molar-refractivity contribution in [2.75, 3.05) is 20.1 Å². The largest absolute Gasteiger partial charge is 0.357 e. The number of nitrogens with zero attached hydrogens (tertiary/aromatic N) is 3. The average Bonchev–Trinajstić information content (AvgIpc) is 3.04. The quantitative estimate of drug-likeness (QED) is 0.603. The second-order valence-electron chi connectivity index (χ2n) is 7.30. The first kappa shape index (κ1) is 18.6. The highest BCUT2D eigenvalue weighted by Crippen LogP contribution is 2.32. The molecule has 2 fully saturated rings. The van der Waals surface area contributed by atoms with Gasteiger partial charge in [-0.3, -0.25) is 4.99 Å². The van der Waals surface area contributed by atoms with Gasteiger partial charge in [-0.15, -0.1) is 11.3 Å². The van der Waals surface area contributed by atoms with Crippen LogP contribution in [-0.4, -0.2) is 54.1 Å². The normalized spacial score (nSPS) is 27.3. The van der Waals surface area contributed by atoms with Crippen LogP contribution in [-0.2, 0) is 12.8 Å². The Hall–Kier alpha value is -1.14. The number of piperidine rings is 2. The Balaban J connectivity index is 1.53. The highest BCUT2D eigenvalue weighted by Gasteiger charge is 2.36. The molecule has 6 heteroatoms. The van der Waals surface area contributed by atoms with Gasteiger partial charge in [-0.05, 0) is 46.1 Å². The van der Waals surface area contributed by atoms with Crippen LogP contribution in [0.25, 0.3) is 0 Å². The summed E-state index contributed by atoms with van der Waals surface area (Å²) in [7, 11) is 2.31. The number of nitrogens with one attached hydrogen (secondary N) is 2. The zero-order valence-corrected chi connectivity index (χ0v) is 16.7. The number of fused-ring (bicyclic) bond motifs is 2. The molecule has 0 amide bonds. The molecule has 0 spiro atoms. The summed E-state index contributed by atoms with van der Waals surface area (Å²) in [5.41, 5.74) is 0. The van der Waals surface area contributed by atoms with Gasteiger partial charge in [0.1, 0.15) is 0 Å². The summed E-state index contributed by atoms with van der Waals surface area (Å²) in [5.74, 6) is 0.974. The maximum Gasteiger partial charge on any atom is 0.191 e. The van der Waals surface area contributed by atoms with Gasteiger partial charge in [-0.2, -0.15) is 0 Å². The minimum absolute atomic E-state index is 0.552. The third-order valence-electron chi connectivity index (χ3n) is 5.57. The maximum absolute atomic E-state index is 4.80.